The molecule has 1 unspecified atom stereocenters. The van der Waals surface area contributed by atoms with Crippen LogP contribution < -0.4 is 11.3 Å². The fourth-order valence-corrected chi connectivity index (χ4v) is 2.38. The van der Waals surface area contributed by atoms with E-state index in [1.807, 2.05) is 0 Å². The van der Waals surface area contributed by atoms with E-state index in [1.54, 1.807) is 24.0 Å². The first-order valence-corrected chi connectivity index (χ1v) is 6.44. The van der Waals surface area contributed by atoms with E-state index < -0.39 is 17.8 Å². The first-order valence-electron chi connectivity index (χ1n) is 5.64. The molecule has 0 aliphatic carbocycles. The van der Waals surface area contributed by atoms with E-state index in [9.17, 15) is 13.2 Å². The zero-order valence-corrected chi connectivity index (χ0v) is 12.0. The average Bonchev–Trinajstić information content (AvgIpc) is 2.78. The van der Waals surface area contributed by atoms with Crippen LogP contribution in [0.5, 0.6) is 0 Å². The van der Waals surface area contributed by atoms with Crippen molar-refractivity contribution in [2.75, 3.05) is 0 Å². The molecule has 1 heterocycles. The van der Waals surface area contributed by atoms with Crippen molar-refractivity contribution in [3.8, 4) is 0 Å². The van der Waals surface area contributed by atoms with Crippen molar-refractivity contribution >= 4 is 15.9 Å². The second-order valence-electron chi connectivity index (χ2n) is 4.23. The first-order chi connectivity index (χ1) is 9.34. The van der Waals surface area contributed by atoms with Gasteiger partial charge in [0.1, 0.15) is 11.9 Å². The molecule has 0 saturated carbocycles. The fourth-order valence-electron chi connectivity index (χ4n) is 1.90. The van der Waals surface area contributed by atoms with E-state index in [2.05, 4.69) is 26.3 Å². The number of hydrogen-bond acceptors (Lipinski definition) is 3. The van der Waals surface area contributed by atoms with Crippen LogP contribution in [-0.2, 0) is 13.2 Å². The van der Waals surface area contributed by atoms with E-state index >= 15 is 0 Å². The monoisotopic (exact) mass is 348 g/mol. The summed E-state index contributed by atoms with van der Waals surface area (Å²) in [7, 11) is 1.74. The Bertz CT molecular complexity index is 609. The second-order valence-corrected chi connectivity index (χ2v) is 5.08. The van der Waals surface area contributed by atoms with Gasteiger partial charge in [-0.1, -0.05) is 15.9 Å². The van der Waals surface area contributed by atoms with Gasteiger partial charge in [0, 0.05) is 23.9 Å². The van der Waals surface area contributed by atoms with E-state index in [-0.39, 0.29) is 0 Å². The van der Waals surface area contributed by atoms with Crippen LogP contribution in [0.25, 0.3) is 0 Å². The number of halogens is 4. The Balaban J connectivity index is 2.52. The molecule has 1 aromatic heterocycles. The summed E-state index contributed by atoms with van der Waals surface area (Å²) in [6.45, 7) is 0. The lowest BCUT2D eigenvalue weighted by Crippen LogP contribution is -2.31. The third-order valence-corrected chi connectivity index (χ3v) is 3.64. The molecule has 0 radical (unpaired) electrons. The van der Waals surface area contributed by atoms with Crippen LogP contribution >= 0.6 is 15.9 Å². The number of hydrazine groups is 1. The molecule has 0 amide bonds. The summed E-state index contributed by atoms with van der Waals surface area (Å²) < 4.78 is 40.6. The summed E-state index contributed by atoms with van der Waals surface area (Å²) in [6.07, 6.45) is -1.15. The number of alkyl halides is 3. The molecule has 3 N–H and O–H groups in total. The normalized spacial score (nSPS) is 13.5. The molecule has 0 fully saturated rings. The Kier molecular flexibility index (Phi) is 4.17. The number of nitrogens with one attached hydrogen (secondary N) is 1. The molecule has 0 aliphatic heterocycles. The number of aryl methyl sites for hydroxylation is 1. The molecule has 2 rings (SSSR count). The summed E-state index contributed by atoms with van der Waals surface area (Å²) in [4.78, 5) is 4.11. The van der Waals surface area contributed by atoms with Crippen LogP contribution in [0.15, 0.2) is 35.1 Å². The molecule has 1 aromatic carbocycles. The summed E-state index contributed by atoms with van der Waals surface area (Å²) in [5.74, 6) is 6.01. The predicted octanol–water partition coefficient (Wildman–Crippen LogP) is 2.75. The smallest absolute Gasteiger partial charge is 0.336 e. The van der Waals surface area contributed by atoms with Crippen molar-refractivity contribution in [3.63, 3.8) is 0 Å². The molecule has 4 nitrogen and oxygen atoms in total. The third kappa shape index (κ3) is 2.87. The van der Waals surface area contributed by atoms with Crippen molar-refractivity contribution < 1.29 is 13.2 Å². The van der Waals surface area contributed by atoms with Gasteiger partial charge < -0.3 is 4.57 Å². The minimum Gasteiger partial charge on any atom is -0.336 e. The lowest BCUT2D eigenvalue weighted by Gasteiger charge is -2.19. The largest absolute Gasteiger partial charge is 0.416 e. The second kappa shape index (κ2) is 5.55. The molecular weight excluding hydrogens is 337 g/mol. The molecule has 1 atom stereocenters. The van der Waals surface area contributed by atoms with Gasteiger partial charge in [-0.25, -0.2) is 10.4 Å². The molecule has 2 aromatic rings. The van der Waals surface area contributed by atoms with Crippen molar-refractivity contribution in [2.45, 2.75) is 12.2 Å². The Hall–Kier alpha value is -1.38. The maximum atomic E-state index is 12.8. The van der Waals surface area contributed by atoms with Crippen molar-refractivity contribution in [3.05, 3.63) is 52.0 Å². The van der Waals surface area contributed by atoms with Crippen LogP contribution in [0.3, 0.4) is 0 Å². The standard InChI is InChI=1S/C12H12BrF3N4/c1-20-5-4-18-11(20)10(19-17)8-6-7(12(14,15)16)2-3-9(8)13/h2-6,10,19H,17H2,1H3. The molecule has 0 aliphatic rings. The van der Waals surface area contributed by atoms with Gasteiger partial charge in [-0.05, 0) is 23.8 Å². The minimum atomic E-state index is -4.41. The third-order valence-electron chi connectivity index (χ3n) is 2.92. The lowest BCUT2D eigenvalue weighted by molar-refractivity contribution is -0.137. The molecule has 0 saturated heterocycles. The van der Waals surface area contributed by atoms with Gasteiger partial charge in [0.2, 0.25) is 0 Å². The van der Waals surface area contributed by atoms with E-state index in [0.717, 1.165) is 12.1 Å². The number of rotatable bonds is 3. The van der Waals surface area contributed by atoms with Crippen molar-refractivity contribution in [1.29, 1.82) is 0 Å². The average molecular weight is 349 g/mol. The highest BCUT2D eigenvalue weighted by Crippen LogP contribution is 2.35. The van der Waals surface area contributed by atoms with Crippen LogP contribution in [0, 0.1) is 0 Å². The molecule has 0 bridgehead atoms. The zero-order chi connectivity index (χ0) is 14.9. The molecular formula is C12H12BrF3N4. The summed E-state index contributed by atoms with van der Waals surface area (Å²) in [5.41, 5.74) is 2.14. The molecule has 8 heteroatoms. The minimum absolute atomic E-state index is 0.372. The number of nitrogens with two attached hydrogens (primary N) is 1. The van der Waals surface area contributed by atoms with Crippen LogP contribution in [0.2, 0.25) is 0 Å². The quantitative estimate of drug-likeness (QED) is 0.662. The zero-order valence-electron chi connectivity index (χ0n) is 10.4. The van der Waals surface area contributed by atoms with Gasteiger partial charge in [-0.3, -0.25) is 5.84 Å². The van der Waals surface area contributed by atoms with Crippen LogP contribution in [-0.4, -0.2) is 9.55 Å². The molecule has 0 spiro atoms. The van der Waals surface area contributed by atoms with E-state index in [0.29, 0.717) is 15.9 Å². The van der Waals surface area contributed by atoms with Gasteiger partial charge in [0.15, 0.2) is 0 Å². The number of hydrogen-bond donors (Lipinski definition) is 2. The summed E-state index contributed by atoms with van der Waals surface area (Å²) in [6, 6.07) is 2.78. The van der Waals surface area contributed by atoms with Gasteiger partial charge in [-0.2, -0.15) is 13.2 Å². The Labute approximate surface area is 121 Å². The molecule has 20 heavy (non-hydrogen) atoms. The number of benzene rings is 1. The van der Waals surface area contributed by atoms with E-state index in [4.69, 9.17) is 5.84 Å². The highest BCUT2D eigenvalue weighted by Gasteiger charge is 2.32. The van der Waals surface area contributed by atoms with E-state index in [1.165, 1.54) is 6.07 Å². The van der Waals surface area contributed by atoms with Gasteiger partial charge in [0.05, 0.1) is 5.56 Å². The number of nitrogens with zero attached hydrogens (tertiary/aromatic N) is 2. The summed E-state index contributed by atoms with van der Waals surface area (Å²) >= 11 is 3.25. The highest BCUT2D eigenvalue weighted by molar-refractivity contribution is 9.10. The first kappa shape index (κ1) is 15.0. The highest BCUT2D eigenvalue weighted by atomic mass is 79.9. The number of aromatic nitrogens is 2. The summed E-state index contributed by atoms with van der Waals surface area (Å²) in [5, 5.41) is 0. The maximum absolute atomic E-state index is 12.8. The Morgan fingerprint density at radius 1 is 1.40 bits per heavy atom. The molecule has 108 valence electrons. The van der Waals surface area contributed by atoms with Crippen molar-refractivity contribution in [2.24, 2.45) is 12.9 Å². The predicted molar refractivity (Wildman–Crippen MR) is 71.5 cm³/mol. The number of imidazole rings is 1. The van der Waals surface area contributed by atoms with Gasteiger partial charge in [-0.15, -0.1) is 0 Å². The van der Waals surface area contributed by atoms with Gasteiger partial charge >= 0.3 is 6.18 Å². The Morgan fingerprint density at radius 2 is 2.10 bits per heavy atom. The fraction of sp³-hybridized carbons (Fsp3) is 0.250. The Morgan fingerprint density at radius 3 is 2.60 bits per heavy atom. The lowest BCUT2D eigenvalue weighted by atomic mass is 10.0. The van der Waals surface area contributed by atoms with Crippen LogP contribution in [0.1, 0.15) is 23.0 Å². The van der Waals surface area contributed by atoms with Crippen molar-refractivity contribution in [1.82, 2.24) is 15.0 Å². The SMILES string of the molecule is Cn1ccnc1C(NN)c1cc(C(F)(F)F)ccc1Br. The topological polar surface area (TPSA) is 55.9 Å². The maximum Gasteiger partial charge on any atom is 0.416 e. The van der Waals surface area contributed by atoms with Crippen LogP contribution in [0.4, 0.5) is 13.2 Å². The van der Waals surface area contributed by atoms with Gasteiger partial charge in [0.25, 0.3) is 0 Å².